The fourth-order valence-corrected chi connectivity index (χ4v) is 3.51. The maximum atomic E-state index is 12.8. The number of nitrogens with zero attached hydrogens (tertiary/aromatic N) is 2. The van der Waals surface area contributed by atoms with E-state index in [1.807, 2.05) is 11.9 Å². The number of rotatable bonds is 4. The second kappa shape index (κ2) is 6.90. The van der Waals surface area contributed by atoms with Crippen LogP contribution in [0.1, 0.15) is 46.5 Å². The van der Waals surface area contributed by atoms with E-state index in [-0.39, 0.29) is 6.04 Å². The first kappa shape index (κ1) is 15.8. The summed E-state index contributed by atoms with van der Waals surface area (Å²) in [7, 11) is 1.98. The Kier molecular flexibility index (Phi) is 5.44. The highest BCUT2D eigenvalue weighted by Gasteiger charge is 2.38. The van der Waals surface area contributed by atoms with Crippen LogP contribution in [0.25, 0.3) is 0 Å². The minimum atomic E-state index is 0.129. The van der Waals surface area contributed by atoms with Crippen molar-refractivity contribution in [1.29, 1.82) is 0 Å². The van der Waals surface area contributed by atoms with Crippen LogP contribution in [0.2, 0.25) is 0 Å². The minimum Gasteiger partial charge on any atom is -0.341 e. The highest BCUT2D eigenvalue weighted by Crippen LogP contribution is 2.26. The zero-order chi connectivity index (χ0) is 14.7. The lowest BCUT2D eigenvalue weighted by Gasteiger charge is -2.38. The zero-order valence-corrected chi connectivity index (χ0v) is 13.6. The van der Waals surface area contributed by atoms with Crippen molar-refractivity contribution >= 4 is 5.91 Å². The van der Waals surface area contributed by atoms with E-state index in [4.69, 9.17) is 0 Å². The van der Waals surface area contributed by atoms with Crippen molar-refractivity contribution in [2.45, 2.75) is 64.6 Å². The van der Waals surface area contributed by atoms with Crippen molar-refractivity contribution in [3.8, 4) is 0 Å². The van der Waals surface area contributed by atoms with Crippen molar-refractivity contribution in [2.24, 2.45) is 5.92 Å². The summed E-state index contributed by atoms with van der Waals surface area (Å²) in [5.74, 6) is 0.847. The van der Waals surface area contributed by atoms with Gasteiger partial charge in [0.2, 0.25) is 5.91 Å². The maximum absolute atomic E-state index is 12.8. The Balaban J connectivity index is 2.00. The molecule has 1 N–H and O–H groups in total. The molecule has 0 bridgehead atoms. The molecule has 0 aromatic heterocycles. The number of carbonyl (C=O) groups excluding carboxylic acids is 1. The number of carbonyl (C=O) groups is 1. The van der Waals surface area contributed by atoms with Crippen LogP contribution < -0.4 is 5.32 Å². The molecule has 2 heterocycles. The predicted octanol–water partition coefficient (Wildman–Crippen LogP) is 1.71. The SMILES string of the molecule is CC(C)C(C)N(C)C(=O)C1CCCN1C1CCNCC1. The largest absolute Gasteiger partial charge is 0.341 e. The number of likely N-dealkylation sites (tertiary alicyclic amines) is 1. The number of hydrogen-bond acceptors (Lipinski definition) is 3. The van der Waals surface area contributed by atoms with Crippen LogP contribution in [0.3, 0.4) is 0 Å². The van der Waals surface area contributed by atoms with E-state index in [0.717, 1.165) is 26.1 Å². The highest BCUT2D eigenvalue weighted by atomic mass is 16.2. The molecule has 0 aliphatic carbocycles. The topological polar surface area (TPSA) is 35.6 Å². The third-order valence-corrected chi connectivity index (χ3v) is 5.28. The van der Waals surface area contributed by atoms with Crippen LogP contribution in [-0.2, 0) is 4.79 Å². The average molecular weight is 281 g/mol. The Bertz CT molecular complexity index is 326. The first-order chi connectivity index (χ1) is 9.52. The van der Waals surface area contributed by atoms with Gasteiger partial charge in [0.1, 0.15) is 0 Å². The van der Waals surface area contributed by atoms with Crippen molar-refractivity contribution in [2.75, 3.05) is 26.7 Å². The molecule has 4 heteroatoms. The van der Waals surface area contributed by atoms with Crippen molar-refractivity contribution < 1.29 is 4.79 Å². The van der Waals surface area contributed by atoms with E-state index in [1.165, 1.54) is 19.3 Å². The van der Waals surface area contributed by atoms with E-state index in [2.05, 4.69) is 31.0 Å². The number of likely N-dealkylation sites (N-methyl/N-ethyl adjacent to an activating group) is 1. The van der Waals surface area contributed by atoms with Gasteiger partial charge in [0.25, 0.3) is 0 Å². The van der Waals surface area contributed by atoms with Crippen LogP contribution >= 0.6 is 0 Å². The minimum absolute atomic E-state index is 0.129. The van der Waals surface area contributed by atoms with Gasteiger partial charge in [-0.3, -0.25) is 9.69 Å². The second-order valence-corrected chi connectivity index (χ2v) is 6.81. The maximum Gasteiger partial charge on any atom is 0.239 e. The second-order valence-electron chi connectivity index (χ2n) is 6.81. The third kappa shape index (κ3) is 3.34. The molecule has 20 heavy (non-hydrogen) atoms. The monoisotopic (exact) mass is 281 g/mol. The number of nitrogens with one attached hydrogen (secondary N) is 1. The van der Waals surface area contributed by atoms with Crippen LogP contribution in [0.15, 0.2) is 0 Å². The van der Waals surface area contributed by atoms with Gasteiger partial charge in [0.05, 0.1) is 6.04 Å². The van der Waals surface area contributed by atoms with Gasteiger partial charge in [-0.1, -0.05) is 13.8 Å². The fraction of sp³-hybridized carbons (Fsp3) is 0.938. The van der Waals surface area contributed by atoms with Gasteiger partial charge in [0, 0.05) is 19.1 Å². The quantitative estimate of drug-likeness (QED) is 0.852. The molecule has 2 atom stereocenters. The van der Waals surface area contributed by atoms with Gasteiger partial charge in [-0.25, -0.2) is 0 Å². The Morgan fingerprint density at radius 3 is 2.45 bits per heavy atom. The lowest BCUT2D eigenvalue weighted by molar-refractivity contribution is -0.138. The van der Waals surface area contributed by atoms with Crippen molar-refractivity contribution in [3.63, 3.8) is 0 Å². The predicted molar refractivity (Wildman–Crippen MR) is 82.7 cm³/mol. The van der Waals surface area contributed by atoms with Crippen LogP contribution in [-0.4, -0.2) is 60.5 Å². The van der Waals surface area contributed by atoms with Gasteiger partial charge in [-0.05, 0) is 58.2 Å². The molecule has 2 aliphatic heterocycles. The van der Waals surface area contributed by atoms with E-state index >= 15 is 0 Å². The molecule has 2 unspecified atom stereocenters. The Hall–Kier alpha value is -0.610. The van der Waals surface area contributed by atoms with Gasteiger partial charge < -0.3 is 10.2 Å². The number of piperidine rings is 1. The Morgan fingerprint density at radius 1 is 1.20 bits per heavy atom. The lowest BCUT2D eigenvalue weighted by Crippen LogP contribution is -2.53. The molecule has 116 valence electrons. The fourth-order valence-electron chi connectivity index (χ4n) is 3.51. The molecular formula is C16H31N3O. The molecule has 2 fully saturated rings. The Morgan fingerprint density at radius 2 is 1.85 bits per heavy atom. The van der Waals surface area contributed by atoms with E-state index < -0.39 is 0 Å². The summed E-state index contributed by atoms with van der Waals surface area (Å²) >= 11 is 0. The van der Waals surface area contributed by atoms with Crippen LogP contribution in [0, 0.1) is 5.92 Å². The Labute approximate surface area is 123 Å². The van der Waals surface area contributed by atoms with Crippen LogP contribution in [0.4, 0.5) is 0 Å². The molecule has 0 aromatic rings. The molecule has 0 aromatic carbocycles. The molecule has 0 radical (unpaired) electrons. The summed E-state index contributed by atoms with van der Waals surface area (Å²) in [6.07, 6.45) is 4.59. The molecule has 1 amide bonds. The first-order valence-electron chi connectivity index (χ1n) is 8.25. The first-order valence-corrected chi connectivity index (χ1v) is 8.25. The highest BCUT2D eigenvalue weighted by molar-refractivity contribution is 5.82. The van der Waals surface area contributed by atoms with Gasteiger partial charge in [0.15, 0.2) is 0 Å². The molecular weight excluding hydrogens is 250 g/mol. The molecule has 2 saturated heterocycles. The van der Waals surface area contributed by atoms with E-state index in [9.17, 15) is 4.79 Å². The summed E-state index contributed by atoms with van der Waals surface area (Å²) in [6, 6.07) is 1.05. The average Bonchev–Trinajstić information content (AvgIpc) is 2.95. The van der Waals surface area contributed by atoms with Crippen molar-refractivity contribution in [3.05, 3.63) is 0 Å². The molecule has 0 spiro atoms. The number of amides is 1. The summed E-state index contributed by atoms with van der Waals surface area (Å²) in [4.78, 5) is 17.3. The molecule has 2 rings (SSSR count). The van der Waals surface area contributed by atoms with Gasteiger partial charge in [-0.2, -0.15) is 0 Å². The van der Waals surface area contributed by atoms with E-state index in [0.29, 0.717) is 23.9 Å². The summed E-state index contributed by atoms with van der Waals surface area (Å²) in [5.41, 5.74) is 0. The molecule has 4 nitrogen and oxygen atoms in total. The molecule has 2 aliphatic rings. The summed E-state index contributed by atoms with van der Waals surface area (Å²) in [5, 5.41) is 3.42. The standard InChI is InChI=1S/C16H31N3O/c1-12(2)13(3)18(4)16(20)15-6-5-11-19(15)14-7-9-17-10-8-14/h12-15,17H,5-11H2,1-4H3. The lowest BCUT2D eigenvalue weighted by atomic mass is 10.0. The van der Waals surface area contributed by atoms with Gasteiger partial charge >= 0.3 is 0 Å². The van der Waals surface area contributed by atoms with Gasteiger partial charge in [-0.15, -0.1) is 0 Å². The zero-order valence-electron chi connectivity index (χ0n) is 13.6. The normalized spacial score (nSPS) is 26.9. The summed E-state index contributed by atoms with van der Waals surface area (Å²) in [6.45, 7) is 9.83. The van der Waals surface area contributed by atoms with Crippen LogP contribution in [0.5, 0.6) is 0 Å². The third-order valence-electron chi connectivity index (χ3n) is 5.28. The molecule has 0 saturated carbocycles. The van der Waals surface area contributed by atoms with E-state index in [1.54, 1.807) is 0 Å². The smallest absolute Gasteiger partial charge is 0.239 e. The number of hydrogen-bond donors (Lipinski definition) is 1. The summed E-state index contributed by atoms with van der Waals surface area (Å²) < 4.78 is 0. The van der Waals surface area contributed by atoms with Crippen molar-refractivity contribution in [1.82, 2.24) is 15.1 Å².